The van der Waals surface area contributed by atoms with Crippen LogP contribution in [0.3, 0.4) is 0 Å². The number of carbonyl (C=O) groups is 2. The van der Waals surface area contributed by atoms with Gasteiger partial charge in [-0.05, 0) is 18.3 Å². The number of rotatable bonds is 9. The first-order valence-corrected chi connectivity index (χ1v) is 7.10. The van der Waals surface area contributed by atoms with E-state index in [2.05, 4.69) is 6.92 Å². The smallest absolute Gasteiger partial charge is 0.306 e. The zero-order valence-electron chi connectivity index (χ0n) is 12.5. The Morgan fingerprint density at radius 2 is 1.67 bits per heavy atom. The van der Waals surface area contributed by atoms with Crippen molar-refractivity contribution < 1.29 is 14.3 Å². The molecule has 0 bridgehead atoms. The lowest BCUT2D eigenvalue weighted by atomic mass is 9.96. The molecular weight excluding hydrogens is 228 g/mol. The van der Waals surface area contributed by atoms with E-state index >= 15 is 0 Å². The van der Waals surface area contributed by atoms with Crippen LogP contribution in [0.2, 0.25) is 0 Å². The van der Waals surface area contributed by atoms with E-state index in [4.69, 9.17) is 4.74 Å². The average Bonchev–Trinajstić information content (AvgIpc) is 2.24. The van der Waals surface area contributed by atoms with Crippen LogP contribution in [-0.4, -0.2) is 17.9 Å². The maximum absolute atomic E-state index is 12.0. The minimum absolute atomic E-state index is 0.0452. The maximum atomic E-state index is 12.0. The lowest BCUT2D eigenvalue weighted by molar-refractivity contribution is -0.158. The highest BCUT2D eigenvalue weighted by molar-refractivity contribution is 5.86. The molecule has 3 nitrogen and oxygen atoms in total. The van der Waals surface area contributed by atoms with Crippen molar-refractivity contribution in [2.45, 2.75) is 72.8 Å². The second-order valence-corrected chi connectivity index (χ2v) is 5.68. The van der Waals surface area contributed by atoms with E-state index in [1.807, 2.05) is 27.7 Å². The van der Waals surface area contributed by atoms with Crippen molar-refractivity contribution in [2.24, 2.45) is 11.8 Å². The van der Waals surface area contributed by atoms with Crippen molar-refractivity contribution in [2.75, 3.05) is 0 Å². The first-order chi connectivity index (χ1) is 8.38. The molecule has 0 spiro atoms. The van der Waals surface area contributed by atoms with Crippen LogP contribution in [0.25, 0.3) is 0 Å². The fraction of sp³-hybridized carbons (Fsp3) is 0.867. The van der Waals surface area contributed by atoms with Crippen LogP contribution in [0.4, 0.5) is 0 Å². The number of unbranched alkanes of at least 4 members (excludes halogenated alkanes) is 2. The highest BCUT2D eigenvalue weighted by atomic mass is 16.5. The van der Waals surface area contributed by atoms with Crippen LogP contribution in [-0.2, 0) is 14.3 Å². The Hall–Kier alpha value is -0.860. The fourth-order valence-electron chi connectivity index (χ4n) is 1.81. The predicted molar refractivity (Wildman–Crippen MR) is 73.3 cm³/mol. The third-order valence-electron chi connectivity index (χ3n) is 2.78. The molecule has 0 fully saturated rings. The summed E-state index contributed by atoms with van der Waals surface area (Å²) >= 11 is 0. The van der Waals surface area contributed by atoms with E-state index in [0.717, 1.165) is 19.3 Å². The molecule has 0 aliphatic carbocycles. The summed E-state index contributed by atoms with van der Waals surface area (Å²) in [7, 11) is 0. The van der Waals surface area contributed by atoms with Crippen molar-refractivity contribution in [1.29, 1.82) is 0 Å². The quantitative estimate of drug-likeness (QED) is 0.466. The molecule has 106 valence electrons. The summed E-state index contributed by atoms with van der Waals surface area (Å²) < 4.78 is 5.33. The Balaban J connectivity index is 4.26. The molecule has 0 saturated heterocycles. The molecule has 0 amide bonds. The van der Waals surface area contributed by atoms with Crippen LogP contribution in [0, 0.1) is 11.8 Å². The lowest BCUT2D eigenvalue weighted by Crippen LogP contribution is -2.32. The molecule has 0 aromatic carbocycles. The number of esters is 1. The third kappa shape index (κ3) is 7.46. The molecule has 0 aliphatic heterocycles. The van der Waals surface area contributed by atoms with Gasteiger partial charge in [-0.1, -0.05) is 47.5 Å². The Bertz CT molecular complexity index is 256. The highest BCUT2D eigenvalue weighted by Gasteiger charge is 2.26. The molecule has 0 N–H and O–H groups in total. The summed E-state index contributed by atoms with van der Waals surface area (Å²) in [5.74, 6) is 0.159. The molecule has 0 aliphatic rings. The predicted octanol–water partition coefficient (Wildman–Crippen LogP) is 3.75. The summed E-state index contributed by atoms with van der Waals surface area (Å²) in [5.41, 5.74) is 0. The molecule has 0 aromatic rings. The third-order valence-corrected chi connectivity index (χ3v) is 2.78. The van der Waals surface area contributed by atoms with E-state index in [9.17, 15) is 9.59 Å². The molecule has 0 aromatic heterocycles. The standard InChI is InChI=1S/C15H28O3/c1-6-7-8-9-14(17)18-15(12(4)5)13(16)10-11(2)3/h11-12,15H,6-10H2,1-5H3. The first-order valence-electron chi connectivity index (χ1n) is 7.10. The van der Waals surface area contributed by atoms with E-state index in [-0.39, 0.29) is 17.7 Å². The Kier molecular flexibility index (Phi) is 8.69. The minimum atomic E-state index is -0.568. The van der Waals surface area contributed by atoms with E-state index in [1.54, 1.807) is 0 Å². The van der Waals surface area contributed by atoms with Crippen LogP contribution in [0.15, 0.2) is 0 Å². The van der Waals surface area contributed by atoms with Gasteiger partial charge in [0, 0.05) is 12.8 Å². The van der Waals surface area contributed by atoms with Gasteiger partial charge < -0.3 is 4.74 Å². The lowest BCUT2D eigenvalue weighted by Gasteiger charge is -2.21. The fourth-order valence-corrected chi connectivity index (χ4v) is 1.81. The number of ether oxygens (including phenoxy) is 1. The maximum Gasteiger partial charge on any atom is 0.306 e. The topological polar surface area (TPSA) is 43.4 Å². The Labute approximate surface area is 111 Å². The van der Waals surface area contributed by atoms with Crippen LogP contribution >= 0.6 is 0 Å². The zero-order valence-corrected chi connectivity index (χ0v) is 12.5. The normalized spacial score (nSPS) is 12.8. The van der Waals surface area contributed by atoms with Crippen molar-refractivity contribution in [3.8, 4) is 0 Å². The van der Waals surface area contributed by atoms with Gasteiger partial charge in [0.2, 0.25) is 0 Å². The van der Waals surface area contributed by atoms with Gasteiger partial charge >= 0.3 is 5.97 Å². The molecular formula is C15H28O3. The molecule has 18 heavy (non-hydrogen) atoms. The second-order valence-electron chi connectivity index (χ2n) is 5.68. The van der Waals surface area contributed by atoms with Crippen molar-refractivity contribution in [1.82, 2.24) is 0 Å². The van der Waals surface area contributed by atoms with Crippen LogP contribution < -0.4 is 0 Å². The molecule has 0 saturated carbocycles. The zero-order chi connectivity index (χ0) is 14.1. The molecule has 0 heterocycles. The largest absolute Gasteiger partial charge is 0.454 e. The van der Waals surface area contributed by atoms with Crippen molar-refractivity contribution in [3.05, 3.63) is 0 Å². The first kappa shape index (κ1) is 17.1. The average molecular weight is 256 g/mol. The SMILES string of the molecule is CCCCCC(=O)OC(C(=O)CC(C)C)C(C)C. The number of hydrogen-bond donors (Lipinski definition) is 0. The van der Waals surface area contributed by atoms with Gasteiger partial charge in [-0.3, -0.25) is 9.59 Å². The molecule has 1 atom stereocenters. The van der Waals surface area contributed by atoms with E-state index in [1.165, 1.54) is 0 Å². The molecule has 0 radical (unpaired) electrons. The highest BCUT2D eigenvalue weighted by Crippen LogP contribution is 2.15. The second kappa shape index (κ2) is 9.12. The van der Waals surface area contributed by atoms with Gasteiger partial charge in [-0.25, -0.2) is 0 Å². The van der Waals surface area contributed by atoms with Crippen molar-refractivity contribution >= 4 is 11.8 Å². The number of carbonyl (C=O) groups excluding carboxylic acids is 2. The van der Waals surface area contributed by atoms with Crippen LogP contribution in [0.1, 0.15) is 66.7 Å². The Morgan fingerprint density at radius 1 is 1.06 bits per heavy atom. The molecule has 0 rings (SSSR count). The van der Waals surface area contributed by atoms with Gasteiger partial charge in [0.1, 0.15) is 0 Å². The monoisotopic (exact) mass is 256 g/mol. The van der Waals surface area contributed by atoms with Gasteiger partial charge in [-0.15, -0.1) is 0 Å². The summed E-state index contributed by atoms with van der Waals surface area (Å²) in [4.78, 5) is 23.6. The summed E-state index contributed by atoms with van der Waals surface area (Å²) in [6.45, 7) is 9.93. The van der Waals surface area contributed by atoms with Gasteiger partial charge in [0.05, 0.1) is 0 Å². The van der Waals surface area contributed by atoms with E-state index in [0.29, 0.717) is 18.8 Å². The van der Waals surface area contributed by atoms with Crippen molar-refractivity contribution in [3.63, 3.8) is 0 Å². The van der Waals surface area contributed by atoms with E-state index < -0.39 is 6.10 Å². The van der Waals surface area contributed by atoms with Gasteiger partial charge in [-0.2, -0.15) is 0 Å². The Morgan fingerprint density at radius 3 is 2.11 bits per heavy atom. The summed E-state index contributed by atoms with van der Waals surface area (Å²) in [6.07, 6.45) is 3.28. The van der Waals surface area contributed by atoms with Gasteiger partial charge in [0.15, 0.2) is 11.9 Å². The number of Topliss-reactive ketones (excluding diaryl/α,β-unsaturated/α-hetero) is 1. The number of hydrogen-bond acceptors (Lipinski definition) is 3. The minimum Gasteiger partial charge on any atom is -0.454 e. The molecule has 3 heteroatoms. The van der Waals surface area contributed by atoms with Gasteiger partial charge in [0.25, 0.3) is 0 Å². The molecule has 1 unspecified atom stereocenters. The summed E-state index contributed by atoms with van der Waals surface area (Å²) in [5, 5.41) is 0. The summed E-state index contributed by atoms with van der Waals surface area (Å²) in [6, 6.07) is 0. The number of ketones is 1. The van der Waals surface area contributed by atoms with Crippen LogP contribution in [0.5, 0.6) is 0 Å².